The molecule has 1 heterocycles. The third kappa shape index (κ3) is 3.22. The lowest BCUT2D eigenvalue weighted by Gasteiger charge is -2.18. The van der Waals surface area contributed by atoms with Gasteiger partial charge in [-0.05, 0) is 56.8 Å². The summed E-state index contributed by atoms with van der Waals surface area (Å²) < 4.78 is 7.20. The Balaban J connectivity index is 2.58. The Labute approximate surface area is 132 Å². The molecule has 22 heavy (non-hydrogen) atoms. The smallest absolute Gasteiger partial charge is 0.253 e. The minimum absolute atomic E-state index is 0.0386. The highest BCUT2D eigenvalue weighted by atomic mass is 16.5. The van der Waals surface area contributed by atoms with Gasteiger partial charge in [-0.25, -0.2) is 0 Å². The first-order chi connectivity index (χ1) is 10.3. The van der Waals surface area contributed by atoms with Crippen LogP contribution in [-0.2, 0) is 13.6 Å². The van der Waals surface area contributed by atoms with Gasteiger partial charge in [-0.3, -0.25) is 4.79 Å². The number of aromatic nitrogens is 1. The van der Waals surface area contributed by atoms with Crippen LogP contribution in [0.4, 0.5) is 0 Å². The molecule has 2 rings (SSSR count). The Morgan fingerprint density at radius 3 is 2.27 bits per heavy atom. The fourth-order valence-electron chi connectivity index (χ4n) is 2.69. The largest absolute Gasteiger partial charge is 0.496 e. The molecule has 0 bridgehead atoms. The molecule has 2 aromatic rings. The minimum Gasteiger partial charge on any atom is -0.496 e. The Morgan fingerprint density at radius 1 is 1.09 bits per heavy atom. The van der Waals surface area contributed by atoms with Crippen molar-refractivity contribution in [3.05, 3.63) is 51.4 Å². The molecule has 0 N–H and O–H groups in total. The van der Waals surface area contributed by atoms with Crippen LogP contribution in [0.1, 0.15) is 16.7 Å². The molecule has 0 aliphatic carbocycles. The predicted molar refractivity (Wildman–Crippen MR) is 90.5 cm³/mol. The molecule has 0 spiro atoms. The third-order valence-corrected chi connectivity index (χ3v) is 3.82. The van der Waals surface area contributed by atoms with Crippen LogP contribution in [0.2, 0.25) is 0 Å². The zero-order valence-corrected chi connectivity index (χ0v) is 14.2. The molecule has 0 radical (unpaired) electrons. The SMILES string of the molecule is COc1cc(-c2cc(C)c(=O)n(C)c2)cc(C)c1CN(C)C. The van der Waals surface area contributed by atoms with Crippen molar-refractivity contribution in [3.63, 3.8) is 0 Å². The highest BCUT2D eigenvalue weighted by molar-refractivity contribution is 5.67. The van der Waals surface area contributed by atoms with Crippen molar-refractivity contribution in [1.82, 2.24) is 9.47 Å². The average molecular weight is 300 g/mol. The van der Waals surface area contributed by atoms with Crippen molar-refractivity contribution in [1.29, 1.82) is 0 Å². The number of nitrogens with zero attached hydrogens (tertiary/aromatic N) is 2. The molecular weight excluding hydrogens is 276 g/mol. The summed E-state index contributed by atoms with van der Waals surface area (Å²) in [5, 5.41) is 0. The predicted octanol–water partition coefficient (Wildman–Crippen LogP) is 2.74. The zero-order valence-electron chi connectivity index (χ0n) is 14.2. The van der Waals surface area contributed by atoms with Crippen LogP contribution in [0.15, 0.2) is 29.2 Å². The molecule has 0 unspecified atom stereocenters. The van der Waals surface area contributed by atoms with Gasteiger partial charge in [0.05, 0.1) is 7.11 Å². The van der Waals surface area contributed by atoms with Gasteiger partial charge in [0.1, 0.15) is 5.75 Å². The molecule has 4 nitrogen and oxygen atoms in total. The number of methoxy groups -OCH3 is 1. The number of benzene rings is 1. The first kappa shape index (κ1) is 16.3. The number of pyridine rings is 1. The summed E-state index contributed by atoms with van der Waals surface area (Å²) in [7, 11) is 7.57. The quantitative estimate of drug-likeness (QED) is 0.871. The number of hydrogen-bond acceptors (Lipinski definition) is 3. The fourth-order valence-corrected chi connectivity index (χ4v) is 2.69. The molecule has 1 aromatic carbocycles. The summed E-state index contributed by atoms with van der Waals surface area (Å²) in [6, 6.07) is 6.13. The van der Waals surface area contributed by atoms with E-state index in [1.165, 1.54) is 11.1 Å². The van der Waals surface area contributed by atoms with E-state index >= 15 is 0 Å². The van der Waals surface area contributed by atoms with Crippen LogP contribution < -0.4 is 10.3 Å². The lowest BCUT2D eigenvalue weighted by molar-refractivity contribution is 0.371. The van der Waals surface area contributed by atoms with Crippen LogP contribution in [0.25, 0.3) is 11.1 Å². The molecule has 0 amide bonds. The van der Waals surface area contributed by atoms with Gasteiger partial charge < -0.3 is 14.2 Å². The van der Waals surface area contributed by atoms with Gasteiger partial charge >= 0.3 is 0 Å². The molecule has 0 aliphatic rings. The summed E-state index contributed by atoms with van der Waals surface area (Å²) in [6.07, 6.45) is 1.87. The maximum atomic E-state index is 11.9. The summed E-state index contributed by atoms with van der Waals surface area (Å²) in [6.45, 7) is 4.78. The van der Waals surface area contributed by atoms with E-state index in [2.05, 4.69) is 17.9 Å². The molecule has 0 aliphatic heterocycles. The monoisotopic (exact) mass is 300 g/mol. The van der Waals surface area contributed by atoms with E-state index in [4.69, 9.17) is 4.74 Å². The van der Waals surface area contributed by atoms with Crippen molar-refractivity contribution in [2.24, 2.45) is 7.05 Å². The van der Waals surface area contributed by atoms with Crippen LogP contribution >= 0.6 is 0 Å². The summed E-state index contributed by atoms with van der Waals surface area (Å²) in [5.41, 5.74) is 5.26. The second-order valence-electron chi connectivity index (χ2n) is 6.04. The number of hydrogen-bond donors (Lipinski definition) is 0. The molecule has 0 saturated carbocycles. The first-order valence-electron chi connectivity index (χ1n) is 7.33. The van der Waals surface area contributed by atoms with Crippen molar-refractivity contribution in [3.8, 4) is 16.9 Å². The molecule has 118 valence electrons. The third-order valence-electron chi connectivity index (χ3n) is 3.82. The van der Waals surface area contributed by atoms with Gasteiger partial charge in [0.2, 0.25) is 0 Å². The Bertz CT molecular complexity index is 719. The molecule has 0 fully saturated rings. The Hall–Kier alpha value is -2.07. The Morgan fingerprint density at radius 2 is 1.73 bits per heavy atom. The van der Waals surface area contributed by atoms with E-state index < -0.39 is 0 Å². The fraction of sp³-hybridized carbons (Fsp3) is 0.389. The van der Waals surface area contributed by atoms with E-state index in [1.807, 2.05) is 39.3 Å². The molecule has 1 aromatic heterocycles. The van der Waals surface area contributed by atoms with Crippen molar-refractivity contribution < 1.29 is 4.74 Å². The molecule has 0 saturated heterocycles. The lowest BCUT2D eigenvalue weighted by atomic mass is 9.98. The normalized spacial score (nSPS) is 11.0. The molecular formula is C18H24N2O2. The summed E-state index contributed by atoms with van der Waals surface area (Å²) in [4.78, 5) is 14.0. The zero-order chi connectivity index (χ0) is 16.4. The van der Waals surface area contributed by atoms with E-state index in [-0.39, 0.29) is 5.56 Å². The average Bonchev–Trinajstić information content (AvgIpc) is 2.45. The van der Waals surface area contributed by atoms with Gasteiger partial charge in [0.25, 0.3) is 5.56 Å². The van der Waals surface area contributed by atoms with E-state index in [9.17, 15) is 4.79 Å². The van der Waals surface area contributed by atoms with Crippen molar-refractivity contribution in [2.45, 2.75) is 20.4 Å². The highest BCUT2D eigenvalue weighted by Gasteiger charge is 2.12. The van der Waals surface area contributed by atoms with Crippen LogP contribution in [-0.4, -0.2) is 30.7 Å². The van der Waals surface area contributed by atoms with Crippen molar-refractivity contribution >= 4 is 0 Å². The van der Waals surface area contributed by atoms with Gasteiger partial charge in [0, 0.05) is 30.9 Å². The standard InChI is InChI=1S/C18H24N2O2/c1-12-7-14(9-17(22-6)16(12)11-19(3)4)15-8-13(2)18(21)20(5)10-15/h7-10H,11H2,1-6H3. The Kier molecular flexibility index (Phi) is 4.71. The van der Waals surface area contributed by atoms with E-state index in [1.54, 1.807) is 18.7 Å². The highest BCUT2D eigenvalue weighted by Crippen LogP contribution is 2.30. The topological polar surface area (TPSA) is 34.5 Å². The second-order valence-corrected chi connectivity index (χ2v) is 6.04. The van der Waals surface area contributed by atoms with Gasteiger partial charge in [0.15, 0.2) is 0 Å². The van der Waals surface area contributed by atoms with Gasteiger partial charge in [-0.2, -0.15) is 0 Å². The first-order valence-corrected chi connectivity index (χ1v) is 7.33. The van der Waals surface area contributed by atoms with Crippen LogP contribution in [0.5, 0.6) is 5.75 Å². The number of rotatable bonds is 4. The maximum absolute atomic E-state index is 11.9. The minimum atomic E-state index is 0.0386. The molecule has 0 atom stereocenters. The number of ether oxygens (including phenoxy) is 1. The second kappa shape index (κ2) is 6.36. The molecule has 4 heteroatoms. The van der Waals surface area contributed by atoms with Crippen LogP contribution in [0, 0.1) is 13.8 Å². The van der Waals surface area contributed by atoms with E-state index in [0.29, 0.717) is 0 Å². The van der Waals surface area contributed by atoms with Gasteiger partial charge in [-0.15, -0.1) is 0 Å². The van der Waals surface area contributed by atoms with E-state index in [0.717, 1.165) is 29.0 Å². The number of aryl methyl sites for hydroxylation is 3. The van der Waals surface area contributed by atoms with Crippen molar-refractivity contribution in [2.75, 3.05) is 21.2 Å². The summed E-state index contributed by atoms with van der Waals surface area (Å²) in [5.74, 6) is 0.884. The van der Waals surface area contributed by atoms with Gasteiger partial charge in [-0.1, -0.05) is 6.07 Å². The maximum Gasteiger partial charge on any atom is 0.253 e. The summed E-state index contributed by atoms with van der Waals surface area (Å²) >= 11 is 0. The lowest BCUT2D eigenvalue weighted by Crippen LogP contribution is -2.18. The van der Waals surface area contributed by atoms with Crippen LogP contribution in [0.3, 0.4) is 0 Å².